The minimum atomic E-state index is -4.60. The summed E-state index contributed by atoms with van der Waals surface area (Å²) in [6.45, 7) is 2.04. The van der Waals surface area contributed by atoms with E-state index in [-0.39, 0.29) is 25.1 Å². The van der Waals surface area contributed by atoms with Gasteiger partial charge in [0.1, 0.15) is 5.60 Å². The van der Waals surface area contributed by atoms with E-state index in [1.165, 1.54) is 23.1 Å². The molecule has 1 aliphatic rings. The van der Waals surface area contributed by atoms with Crippen LogP contribution in [0.3, 0.4) is 0 Å². The Kier molecular flexibility index (Phi) is 4.33. The minimum Gasteiger partial charge on any atom is -0.383 e. The van der Waals surface area contributed by atoms with E-state index in [1.807, 2.05) is 19.1 Å². The molecule has 6 heteroatoms. The smallest absolute Gasteiger partial charge is 0.383 e. The lowest BCUT2D eigenvalue weighted by Crippen LogP contribution is -2.35. The molecule has 0 bridgehead atoms. The van der Waals surface area contributed by atoms with Gasteiger partial charge in [0.15, 0.2) is 0 Å². The summed E-state index contributed by atoms with van der Waals surface area (Å²) in [6, 6.07) is 12.0. The van der Waals surface area contributed by atoms with Crippen molar-refractivity contribution in [2.75, 3.05) is 13.1 Å². The number of nitrogens with zero attached hydrogens (tertiary/aromatic N) is 1. The van der Waals surface area contributed by atoms with E-state index in [2.05, 4.69) is 0 Å². The molecule has 1 N–H and O–H groups in total. The molecule has 1 aliphatic heterocycles. The molecule has 0 saturated carbocycles. The predicted octanol–water partition coefficient (Wildman–Crippen LogP) is 3.75. The van der Waals surface area contributed by atoms with Gasteiger partial charge >= 0.3 is 6.18 Å². The molecule has 1 fully saturated rings. The molecule has 1 unspecified atom stereocenters. The van der Waals surface area contributed by atoms with E-state index in [0.717, 1.165) is 11.6 Å². The third-order valence-corrected chi connectivity index (χ3v) is 4.64. The molecule has 0 radical (unpaired) electrons. The van der Waals surface area contributed by atoms with Crippen LogP contribution in [-0.2, 0) is 11.8 Å². The minimum absolute atomic E-state index is 0.0249. The lowest BCUT2D eigenvalue weighted by Gasteiger charge is -2.26. The van der Waals surface area contributed by atoms with E-state index in [4.69, 9.17) is 0 Å². The maximum absolute atomic E-state index is 13.1. The topological polar surface area (TPSA) is 40.5 Å². The summed E-state index contributed by atoms with van der Waals surface area (Å²) in [5.41, 5.74) is -0.992. The number of amides is 1. The summed E-state index contributed by atoms with van der Waals surface area (Å²) >= 11 is 0. The third-order valence-electron chi connectivity index (χ3n) is 4.64. The number of rotatable bonds is 2. The van der Waals surface area contributed by atoms with Crippen molar-refractivity contribution in [1.82, 2.24) is 4.90 Å². The normalized spacial score (nSPS) is 20.8. The number of likely N-dealkylation sites (tertiary alicyclic amines) is 1. The highest BCUT2D eigenvalue weighted by atomic mass is 19.4. The lowest BCUT2D eigenvalue weighted by atomic mass is 9.89. The van der Waals surface area contributed by atoms with Crippen LogP contribution in [0.25, 0.3) is 0 Å². The molecule has 25 heavy (non-hydrogen) atoms. The highest BCUT2D eigenvalue weighted by Gasteiger charge is 2.42. The summed E-state index contributed by atoms with van der Waals surface area (Å²) in [7, 11) is 0. The number of aryl methyl sites for hydroxylation is 1. The molecule has 0 aromatic heterocycles. The molecule has 2 aromatic rings. The second-order valence-corrected chi connectivity index (χ2v) is 6.37. The monoisotopic (exact) mass is 349 g/mol. The van der Waals surface area contributed by atoms with E-state index in [1.54, 1.807) is 12.1 Å². The number of aliphatic hydroxyl groups is 1. The number of carbonyl (C=O) groups excluding carboxylic acids is 1. The lowest BCUT2D eigenvalue weighted by molar-refractivity contribution is -0.138. The van der Waals surface area contributed by atoms with Crippen molar-refractivity contribution in [3.8, 4) is 0 Å². The van der Waals surface area contributed by atoms with Crippen LogP contribution in [0, 0.1) is 6.92 Å². The predicted molar refractivity (Wildman–Crippen MR) is 87.0 cm³/mol. The zero-order valence-corrected chi connectivity index (χ0v) is 13.7. The average molecular weight is 349 g/mol. The molecule has 3 rings (SSSR count). The summed E-state index contributed by atoms with van der Waals surface area (Å²) in [6.07, 6.45) is -4.31. The number of benzene rings is 2. The summed E-state index contributed by atoms with van der Waals surface area (Å²) in [5, 5.41) is 10.9. The van der Waals surface area contributed by atoms with E-state index >= 15 is 0 Å². The van der Waals surface area contributed by atoms with Crippen LogP contribution >= 0.6 is 0 Å². The number of carbonyl (C=O) groups is 1. The van der Waals surface area contributed by atoms with Crippen molar-refractivity contribution in [2.45, 2.75) is 25.1 Å². The Morgan fingerprint density at radius 1 is 1.12 bits per heavy atom. The molecular formula is C19H18F3NO2. The van der Waals surface area contributed by atoms with Gasteiger partial charge in [0.2, 0.25) is 0 Å². The molecule has 1 heterocycles. The Morgan fingerprint density at radius 3 is 2.44 bits per heavy atom. The van der Waals surface area contributed by atoms with E-state index in [9.17, 15) is 23.1 Å². The van der Waals surface area contributed by atoms with Crippen molar-refractivity contribution in [3.63, 3.8) is 0 Å². The Bertz CT molecular complexity index is 803. The maximum Gasteiger partial charge on any atom is 0.417 e. The van der Waals surface area contributed by atoms with E-state index < -0.39 is 23.2 Å². The molecule has 0 spiro atoms. The molecule has 1 amide bonds. The standard InChI is InChI=1S/C19H18F3NO2/c1-13-6-2-4-8-15(13)18(25)10-11-23(12-18)17(24)14-7-3-5-9-16(14)19(20,21)22/h2-9,25H,10-12H2,1H3. The number of hydrogen-bond acceptors (Lipinski definition) is 2. The zero-order valence-electron chi connectivity index (χ0n) is 13.7. The SMILES string of the molecule is Cc1ccccc1C1(O)CCN(C(=O)c2ccccc2C(F)(F)F)C1. The second-order valence-electron chi connectivity index (χ2n) is 6.37. The van der Waals surface area contributed by atoms with Crippen LogP contribution in [0.4, 0.5) is 13.2 Å². The van der Waals surface area contributed by atoms with Crippen molar-refractivity contribution < 1.29 is 23.1 Å². The summed E-state index contributed by atoms with van der Waals surface area (Å²) in [4.78, 5) is 13.9. The first-order valence-corrected chi connectivity index (χ1v) is 7.96. The van der Waals surface area contributed by atoms with Crippen molar-refractivity contribution >= 4 is 5.91 Å². The fourth-order valence-electron chi connectivity index (χ4n) is 3.37. The molecular weight excluding hydrogens is 331 g/mol. The highest BCUT2D eigenvalue weighted by molar-refractivity contribution is 5.96. The van der Waals surface area contributed by atoms with Gasteiger partial charge in [0, 0.05) is 6.54 Å². The van der Waals surface area contributed by atoms with Gasteiger partial charge in [-0.15, -0.1) is 0 Å². The van der Waals surface area contributed by atoms with Crippen molar-refractivity contribution in [3.05, 3.63) is 70.8 Å². The highest BCUT2D eigenvalue weighted by Crippen LogP contribution is 2.36. The zero-order chi connectivity index (χ0) is 18.2. The van der Waals surface area contributed by atoms with Crippen LogP contribution in [0.2, 0.25) is 0 Å². The van der Waals surface area contributed by atoms with Crippen LogP contribution < -0.4 is 0 Å². The molecule has 3 nitrogen and oxygen atoms in total. The number of β-amino-alcohol motifs (C(OH)–C–C–N with tert-alkyl or cyclic N) is 1. The first-order chi connectivity index (χ1) is 11.7. The number of hydrogen-bond donors (Lipinski definition) is 1. The van der Waals surface area contributed by atoms with Crippen LogP contribution in [0.15, 0.2) is 48.5 Å². The molecule has 1 atom stereocenters. The largest absolute Gasteiger partial charge is 0.417 e. The van der Waals surface area contributed by atoms with Gasteiger partial charge in [-0.3, -0.25) is 4.79 Å². The molecule has 2 aromatic carbocycles. The first kappa shape index (κ1) is 17.5. The Labute approximate surface area is 143 Å². The Morgan fingerprint density at radius 2 is 1.76 bits per heavy atom. The second kappa shape index (κ2) is 6.19. The summed E-state index contributed by atoms with van der Waals surface area (Å²) < 4.78 is 39.4. The van der Waals surface area contributed by atoms with Crippen molar-refractivity contribution in [2.24, 2.45) is 0 Å². The fourth-order valence-corrected chi connectivity index (χ4v) is 3.37. The van der Waals surface area contributed by atoms with Gasteiger partial charge in [0.05, 0.1) is 17.7 Å². The average Bonchev–Trinajstić information content (AvgIpc) is 2.97. The molecule has 132 valence electrons. The van der Waals surface area contributed by atoms with Crippen LogP contribution in [0.5, 0.6) is 0 Å². The van der Waals surface area contributed by atoms with Crippen molar-refractivity contribution in [1.29, 1.82) is 0 Å². The first-order valence-electron chi connectivity index (χ1n) is 7.96. The fraction of sp³-hybridized carbons (Fsp3) is 0.316. The summed E-state index contributed by atoms with van der Waals surface area (Å²) in [5.74, 6) is -0.711. The Balaban J connectivity index is 1.88. The van der Waals surface area contributed by atoms with Gasteiger partial charge < -0.3 is 10.0 Å². The van der Waals surface area contributed by atoms with Gasteiger partial charge in [-0.25, -0.2) is 0 Å². The van der Waals surface area contributed by atoms with Gasteiger partial charge in [-0.05, 0) is 36.6 Å². The number of halogens is 3. The van der Waals surface area contributed by atoms with Crippen LogP contribution in [-0.4, -0.2) is 29.0 Å². The molecule has 0 aliphatic carbocycles. The molecule has 1 saturated heterocycles. The van der Waals surface area contributed by atoms with Gasteiger partial charge in [-0.1, -0.05) is 36.4 Å². The van der Waals surface area contributed by atoms with E-state index in [0.29, 0.717) is 5.56 Å². The van der Waals surface area contributed by atoms with Gasteiger partial charge in [0.25, 0.3) is 5.91 Å². The third kappa shape index (κ3) is 3.26. The Hall–Kier alpha value is -2.34. The maximum atomic E-state index is 13.1. The van der Waals surface area contributed by atoms with Gasteiger partial charge in [-0.2, -0.15) is 13.2 Å². The quantitative estimate of drug-likeness (QED) is 0.897. The number of alkyl halides is 3. The van der Waals surface area contributed by atoms with Crippen LogP contribution in [0.1, 0.15) is 33.5 Å².